The zero-order valence-corrected chi connectivity index (χ0v) is 12.9. The lowest BCUT2D eigenvalue weighted by Gasteiger charge is -2.09. The average molecular weight is 387 g/mol. The van der Waals surface area contributed by atoms with Crippen molar-refractivity contribution in [1.82, 2.24) is 0 Å². The lowest BCUT2D eigenvalue weighted by Crippen LogP contribution is -2.13. The van der Waals surface area contributed by atoms with Crippen LogP contribution < -0.4 is 5.32 Å². The Morgan fingerprint density at radius 3 is 2.68 bits per heavy atom. The van der Waals surface area contributed by atoms with Gasteiger partial charge in [0.2, 0.25) is 0 Å². The van der Waals surface area contributed by atoms with Crippen LogP contribution in [-0.4, -0.2) is 17.0 Å². The van der Waals surface area contributed by atoms with Crippen LogP contribution in [0.3, 0.4) is 0 Å². The number of anilines is 1. The summed E-state index contributed by atoms with van der Waals surface area (Å²) in [6, 6.07) is 6.61. The lowest BCUT2D eigenvalue weighted by atomic mass is 10.1. The average Bonchev–Trinajstić information content (AvgIpc) is 2.78. The Bertz CT molecular complexity index is 651. The molecule has 0 aliphatic carbocycles. The third-order valence-corrected chi connectivity index (χ3v) is 4.43. The standard InChI is InChI=1S/C13H10INO3S/c1-7-9(13(17)18)3-2-4-10(7)15-12(16)8-5-11(14)19-6-8/h2-6H,1H3,(H,15,16)(H,17,18). The van der Waals surface area contributed by atoms with Gasteiger partial charge in [-0.15, -0.1) is 11.3 Å². The van der Waals surface area contributed by atoms with Crippen molar-refractivity contribution in [2.24, 2.45) is 0 Å². The fourth-order valence-electron chi connectivity index (χ4n) is 1.63. The summed E-state index contributed by atoms with van der Waals surface area (Å²) in [7, 11) is 0. The minimum absolute atomic E-state index is 0.192. The van der Waals surface area contributed by atoms with Crippen molar-refractivity contribution in [3.05, 3.63) is 49.2 Å². The largest absolute Gasteiger partial charge is 0.478 e. The van der Waals surface area contributed by atoms with Gasteiger partial charge >= 0.3 is 5.97 Å². The molecule has 0 saturated carbocycles. The Balaban J connectivity index is 2.27. The smallest absolute Gasteiger partial charge is 0.336 e. The van der Waals surface area contributed by atoms with E-state index in [1.165, 1.54) is 17.4 Å². The first-order chi connectivity index (χ1) is 8.99. The van der Waals surface area contributed by atoms with Gasteiger partial charge < -0.3 is 10.4 Å². The number of carboxylic acid groups (broad SMARTS) is 1. The van der Waals surface area contributed by atoms with Crippen molar-refractivity contribution in [2.75, 3.05) is 5.32 Å². The topological polar surface area (TPSA) is 66.4 Å². The van der Waals surface area contributed by atoms with E-state index in [4.69, 9.17) is 5.11 Å². The zero-order chi connectivity index (χ0) is 14.0. The Morgan fingerprint density at radius 1 is 1.37 bits per heavy atom. The molecule has 1 aromatic carbocycles. The van der Waals surface area contributed by atoms with Crippen LogP contribution in [0.15, 0.2) is 29.6 Å². The van der Waals surface area contributed by atoms with Crippen LogP contribution >= 0.6 is 33.9 Å². The normalized spacial score (nSPS) is 10.2. The molecule has 2 rings (SSSR count). The maximum Gasteiger partial charge on any atom is 0.336 e. The molecule has 1 amide bonds. The van der Waals surface area contributed by atoms with Gasteiger partial charge in [0, 0.05) is 11.1 Å². The van der Waals surface area contributed by atoms with Gasteiger partial charge in [0.1, 0.15) is 0 Å². The van der Waals surface area contributed by atoms with Crippen molar-refractivity contribution >= 4 is 51.5 Å². The summed E-state index contributed by atoms with van der Waals surface area (Å²) >= 11 is 3.63. The van der Waals surface area contributed by atoms with Gasteiger partial charge in [0.15, 0.2) is 0 Å². The van der Waals surface area contributed by atoms with Crippen molar-refractivity contribution in [2.45, 2.75) is 6.92 Å². The van der Waals surface area contributed by atoms with Crippen LogP contribution in [0.1, 0.15) is 26.3 Å². The highest BCUT2D eigenvalue weighted by Gasteiger charge is 2.13. The number of carboxylic acids is 1. The summed E-state index contributed by atoms with van der Waals surface area (Å²) in [5.41, 5.74) is 1.84. The summed E-state index contributed by atoms with van der Waals surface area (Å²) in [5, 5.41) is 13.5. The molecular weight excluding hydrogens is 377 g/mol. The van der Waals surface area contributed by atoms with Crippen LogP contribution in [0, 0.1) is 9.81 Å². The first-order valence-corrected chi connectivity index (χ1v) is 7.33. The van der Waals surface area contributed by atoms with E-state index in [1.54, 1.807) is 30.5 Å². The van der Waals surface area contributed by atoms with Gasteiger partial charge in [-0.1, -0.05) is 6.07 Å². The number of benzene rings is 1. The van der Waals surface area contributed by atoms with Gasteiger partial charge in [0.05, 0.1) is 14.0 Å². The highest BCUT2D eigenvalue weighted by atomic mass is 127. The van der Waals surface area contributed by atoms with Crippen molar-refractivity contribution in [1.29, 1.82) is 0 Å². The maximum atomic E-state index is 12.0. The molecule has 0 fully saturated rings. The van der Waals surface area contributed by atoms with Crippen LogP contribution in [0.2, 0.25) is 0 Å². The third-order valence-electron chi connectivity index (χ3n) is 2.64. The summed E-state index contributed by atoms with van der Waals surface area (Å²) in [4.78, 5) is 23.0. The minimum Gasteiger partial charge on any atom is -0.478 e. The summed E-state index contributed by atoms with van der Waals surface area (Å²) in [5.74, 6) is -1.23. The van der Waals surface area contributed by atoms with E-state index in [9.17, 15) is 9.59 Å². The molecule has 6 heteroatoms. The Kier molecular flexibility index (Phi) is 4.20. The highest BCUT2D eigenvalue weighted by Crippen LogP contribution is 2.21. The van der Waals surface area contributed by atoms with E-state index in [0.29, 0.717) is 16.8 Å². The second-order valence-electron chi connectivity index (χ2n) is 3.88. The van der Waals surface area contributed by atoms with Gasteiger partial charge in [-0.3, -0.25) is 4.79 Å². The number of hydrogen-bond donors (Lipinski definition) is 2. The molecule has 0 radical (unpaired) electrons. The predicted octanol–water partition coefficient (Wildman–Crippen LogP) is 3.61. The number of rotatable bonds is 3. The van der Waals surface area contributed by atoms with E-state index in [-0.39, 0.29) is 11.5 Å². The second-order valence-corrected chi connectivity index (χ2v) is 6.68. The molecule has 98 valence electrons. The molecule has 0 saturated heterocycles. The van der Waals surface area contributed by atoms with Crippen LogP contribution in [0.4, 0.5) is 5.69 Å². The molecule has 0 aliphatic rings. The number of halogens is 1. The molecular formula is C13H10INO3S. The first kappa shape index (κ1) is 14.0. The zero-order valence-electron chi connectivity index (χ0n) is 9.94. The Labute approximate surface area is 127 Å². The molecule has 2 N–H and O–H groups in total. The fraction of sp³-hybridized carbons (Fsp3) is 0.0769. The number of carbonyl (C=O) groups is 2. The Hall–Kier alpha value is -1.41. The van der Waals surface area contributed by atoms with Crippen LogP contribution in [-0.2, 0) is 0 Å². The molecule has 4 nitrogen and oxygen atoms in total. The van der Waals surface area contributed by atoms with Crippen molar-refractivity contribution < 1.29 is 14.7 Å². The summed E-state index contributed by atoms with van der Waals surface area (Å²) in [6.07, 6.45) is 0. The van der Waals surface area contributed by atoms with Gasteiger partial charge in [-0.05, 0) is 53.3 Å². The van der Waals surface area contributed by atoms with E-state index in [1.807, 2.05) is 0 Å². The van der Waals surface area contributed by atoms with Gasteiger partial charge in [0.25, 0.3) is 5.91 Å². The highest BCUT2D eigenvalue weighted by molar-refractivity contribution is 14.1. The van der Waals surface area contributed by atoms with E-state index in [0.717, 1.165) is 2.88 Å². The molecule has 1 aromatic heterocycles. The van der Waals surface area contributed by atoms with Crippen LogP contribution in [0.5, 0.6) is 0 Å². The van der Waals surface area contributed by atoms with E-state index in [2.05, 4.69) is 27.9 Å². The van der Waals surface area contributed by atoms with Crippen molar-refractivity contribution in [3.8, 4) is 0 Å². The molecule has 19 heavy (non-hydrogen) atoms. The maximum absolute atomic E-state index is 12.0. The number of thiophene rings is 1. The third kappa shape index (κ3) is 3.13. The Morgan fingerprint density at radius 2 is 2.11 bits per heavy atom. The van der Waals surface area contributed by atoms with Gasteiger partial charge in [-0.25, -0.2) is 4.79 Å². The monoisotopic (exact) mass is 387 g/mol. The predicted molar refractivity (Wildman–Crippen MR) is 83.1 cm³/mol. The number of nitrogens with one attached hydrogen (secondary N) is 1. The molecule has 0 bridgehead atoms. The van der Waals surface area contributed by atoms with E-state index >= 15 is 0 Å². The molecule has 2 aromatic rings. The number of carbonyl (C=O) groups excluding carboxylic acids is 1. The number of amides is 1. The minimum atomic E-state index is -1.00. The molecule has 1 heterocycles. The number of aromatic carboxylic acids is 1. The quantitative estimate of drug-likeness (QED) is 0.791. The molecule has 0 spiro atoms. The second kappa shape index (κ2) is 5.70. The van der Waals surface area contributed by atoms with E-state index < -0.39 is 5.97 Å². The molecule has 0 unspecified atom stereocenters. The first-order valence-electron chi connectivity index (χ1n) is 5.37. The SMILES string of the molecule is Cc1c(NC(=O)c2csc(I)c2)cccc1C(=O)O. The number of hydrogen-bond acceptors (Lipinski definition) is 3. The van der Waals surface area contributed by atoms with Crippen LogP contribution in [0.25, 0.3) is 0 Å². The lowest BCUT2D eigenvalue weighted by molar-refractivity contribution is 0.0695. The molecule has 0 atom stereocenters. The summed E-state index contributed by atoms with van der Waals surface area (Å²) < 4.78 is 1.03. The fourth-order valence-corrected chi connectivity index (χ4v) is 2.95. The van der Waals surface area contributed by atoms with Crippen molar-refractivity contribution in [3.63, 3.8) is 0 Å². The summed E-state index contributed by atoms with van der Waals surface area (Å²) in [6.45, 7) is 1.68. The molecule has 0 aliphatic heterocycles. The van der Waals surface area contributed by atoms with Gasteiger partial charge in [-0.2, -0.15) is 0 Å².